The Labute approximate surface area is 139 Å². The molecule has 0 spiro atoms. The van der Waals surface area contributed by atoms with Crippen LogP contribution in [0.25, 0.3) is 0 Å². The summed E-state index contributed by atoms with van der Waals surface area (Å²) in [6, 6.07) is 10.8. The lowest BCUT2D eigenvalue weighted by atomic mass is 10.1. The predicted octanol–water partition coefficient (Wildman–Crippen LogP) is 2.79. The smallest absolute Gasteiger partial charge is 0.343 e. The van der Waals surface area contributed by atoms with Crippen LogP contribution in [0.3, 0.4) is 0 Å². The molecule has 0 heterocycles. The van der Waals surface area contributed by atoms with Crippen molar-refractivity contribution in [3.8, 4) is 5.75 Å². The Morgan fingerprint density at radius 3 is 1.67 bits per heavy atom. The van der Waals surface area contributed by atoms with Crippen molar-refractivity contribution in [1.29, 1.82) is 0 Å². The Morgan fingerprint density at radius 2 is 1.21 bits per heavy atom. The Kier molecular flexibility index (Phi) is 5.31. The highest BCUT2D eigenvalue weighted by Crippen LogP contribution is 2.20. The van der Waals surface area contributed by atoms with Gasteiger partial charge in [-0.1, -0.05) is 17.7 Å². The molecule has 124 valence electrons. The van der Waals surface area contributed by atoms with Crippen molar-refractivity contribution in [1.82, 2.24) is 0 Å². The maximum absolute atomic E-state index is 12.2. The molecule has 24 heavy (non-hydrogen) atoms. The van der Waals surface area contributed by atoms with Crippen LogP contribution < -0.4 is 4.74 Å². The van der Waals surface area contributed by atoms with Gasteiger partial charge in [0, 0.05) is 0 Å². The highest BCUT2D eigenvalue weighted by molar-refractivity contribution is 5.97. The molecule has 0 N–H and O–H groups in total. The second-order valence-corrected chi connectivity index (χ2v) is 4.98. The lowest BCUT2D eigenvalue weighted by Gasteiger charge is -2.09. The van der Waals surface area contributed by atoms with Crippen LogP contribution in [-0.2, 0) is 9.47 Å². The minimum Gasteiger partial charge on any atom is -0.465 e. The molecule has 0 aliphatic rings. The van der Waals surface area contributed by atoms with Gasteiger partial charge in [-0.3, -0.25) is 0 Å². The SMILES string of the molecule is COC(=O)c1cc(OC(=O)c2ccc(C)cc2)cc(C(=O)OC)c1. The summed E-state index contributed by atoms with van der Waals surface area (Å²) in [5, 5.41) is 0. The fraction of sp³-hybridized carbons (Fsp3) is 0.167. The fourth-order valence-corrected chi connectivity index (χ4v) is 1.98. The molecule has 0 amide bonds. The maximum atomic E-state index is 12.2. The molecule has 0 saturated carbocycles. The fourth-order valence-electron chi connectivity index (χ4n) is 1.98. The Bertz CT molecular complexity index is 742. The zero-order valence-electron chi connectivity index (χ0n) is 13.5. The van der Waals surface area contributed by atoms with E-state index in [9.17, 15) is 14.4 Å². The first-order valence-electron chi connectivity index (χ1n) is 7.05. The third-order valence-electron chi connectivity index (χ3n) is 3.25. The van der Waals surface area contributed by atoms with Crippen molar-refractivity contribution in [3.63, 3.8) is 0 Å². The van der Waals surface area contributed by atoms with Gasteiger partial charge >= 0.3 is 17.9 Å². The largest absolute Gasteiger partial charge is 0.465 e. The van der Waals surface area contributed by atoms with Crippen molar-refractivity contribution in [2.45, 2.75) is 6.92 Å². The summed E-state index contributed by atoms with van der Waals surface area (Å²) in [6.45, 7) is 1.90. The van der Waals surface area contributed by atoms with Crippen LogP contribution in [0.2, 0.25) is 0 Å². The molecule has 0 fully saturated rings. The number of benzene rings is 2. The summed E-state index contributed by atoms with van der Waals surface area (Å²) >= 11 is 0. The van der Waals surface area contributed by atoms with Gasteiger partial charge in [0.2, 0.25) is 0 Å². The van der Waals surface area contributed by atoms with Crippen LogP contribution >= 0.6 is 0 Å². The summed E-state index contributed by atoms with van der Waals surface area (Å²) in [6.07, 6.45) is 0. The third-order valence-corrected chi connectivity index (χ3v) is 3.25. The molecule has 0 bridgehead atoms. The minimum atomic E-state index is -0.659. The molecular formula is C18H16O6. The normalized spacial score (nSPS) is 9.96. The number of rotatable bonds is 4. The molecular weight excluding hydrogens is 312 g/mol. The van der Waals surface area contributed by atoms with Crippen molar-refractivity contribution in [2.24, 2.45) is 0 Å². The number of ether oxygens (including phenoxy) is 3. The first kappa shape index (κ1) is 17.2. The number of hydrogen-bond acceptors (Lipinski definition) is 6. The first-order chi connectivity index (χ1) is 11.4. The van der Waals surface area contributed by atoms with E-state index in [2.05, 4.69) is 9.47 Å². The number of esters is 3. The summed E-state index contributed by atoms with van der Waals surface area (Å²) < 4.78 is 14.5. The molecule has 2 rings (SSSR count). The molecule has 0 atom stereocenters. The van der Waals surface area contributed by atoms with Gasteiger partial charge in [-0.25, -0.2) is 14.4 Å². The van der Waals surface area contributed by atoms with Crippen LogP contribution in [0.5, 0.6) is 5.75 Å². The van der Waals surface area contributed by atoms with E-state index in [4.69, 9.17) is 4.74 Å². The number of hydrogen-bond donors (Lipinski definition) is 0. The van der Waals surface area contributed by atoms with Gasteiger partial charge in [-0.2, -0.15) is 0 Å². The van der Waals surface area contributed by atoms with Gasteiger partial charge in [0.25, 0.3) is 0 Å². The average Bonchev–Trinajstić information content (AvgIpc) is 2.60. The number of carbonyl (C=O) groups excluding carboxylic acids is 3. The summed E-state index contributed by atoms with van der Waals surface area (Å²) in [5.74, 6) is -1.88. The lowest BCUT2D eigenvalue weighted by Crippen LogP contribution is -2.11. The van der Waals surface area contributed by atoms with Gasteiger partial charge in [0.05, 0.1) is 30.9 Å². The number of methoxy groups -OCH3 is 2. The second kappa shape index (κ2) is 7.41. The molecule has 0 aromatic heterocycles. The molecule has 0 aliphatic heterocycles. The van der Waals surface area contributed by atoms with Crippen molar-refractivity contribution < 1.29 is 28.6 Å². The average molecular weight is 328 g/mol. The van der Waals surface area contributed by atoms with Gasteiger partial charge in [0.1, 0.15) is 5.75 Å². The van der Waals surface area contributed by atoms with E-state index < -0.39 is 17.9 Å². The van der Waals surface area contributed by atoms with E-state index in [1.54, 1.807) is 24.3 Å². The topological polar surface area (TPSA) is 78.9 Å². The molecule has 6 heteroatoms. The molecule has 2 aromatic carbocycles. The predicted molar refractivity (Wildman–Crippen MR) is 85.3 cm³/mol. The highest BCUT2D eigenvalue weighted by Gasteiger charge is 2.16. The van der Waals surface area contributed by atoms with Crippen LogP contribution in [-0.4, -0.2) is 32.1 Å². The van der Waals surface area contributed by atoms with Crippen molar-refractivity contribution >= 4 is 17.9 Å². The van der Waals surface area contributed by atoms with E-state index in [1.807, 2.05) is 6.92 Å². The Balaban J connectivity index is 2.34. The molecule has 6 nitrogen and oxygen atoms in total. The number of aryl methyl sites for hydroxylation is 1. The quantitative estimate of drug-likeness (QED) is 0.634. The van der Waals surface area contributed by atoms with Gasteiger partial charge in [-0.05, 0) is 37.3 Å². The van der Waals surface area contributed by atoms with Crippen LogP contribution in [0.4, 0.5) is 0 Å². The summed E-state index contributed by atoms with van der Waals surface area (Å²) in [7, 11) is 2.43. The minimum absolute atomic E-state index is 0.0453. The maximum Gasteiger partial charge on any atom is 0.343 e. The standard InChI is InChI=1S/C18H16O6/c1-11-4-6-12(7-5-11)18(21)24-15-9-13(16(19)22-2)8-14(10-15)17(20)23-3/h4-10H,1-3H3. The monoisotopic (exact) mass is 328 g/mol. The zero-order valence-corrected chi connectivity index (χ0v) is 13.5. The van der Waals surface area contributed by atoms with Crippen LogP contribution in [0, 0.1) is 6.92 Å². The van der Waals surface area contributed by atoms with Crippen LogP contribution in [0.1, 0.15) is 36.6 Å². The van der Waals surface area contributed by atoms with Crippen LogP contribution in [0.15, 0.2) is 42.5 Å². The summed E-state index contributed by atoms with van der Waals surface area (Å²) in [4.78, 5) is 35.6. The van der Waals surface area contributed by atoms with E-state index in [-0.39, 0.29) is 16.9 Å². The van der Waals surface area contributed by atoms with Gasteiger partial charge < -0.3 is 14.2 Å². The van der Waals surface area contributed by atoms with E-state index in [0.29, 0.717) is 5.56 Å². The van der Waals surface area contributed by atoms with Crippen molar-refractivity contribution in [3.05, 3.63) is 64.7 Å². The molecule has 0 unspecified atom stereocenters. The summed E-state index contributed by atoms with van der Waals surface area (Å²) in [5.41, 5.74) is 1.51. The Hall–Kier alpha value is -3.15. The molecule has 0 radical (unpaired) electrons. The van der Waals surface area contributed by atoms with E-state index in [0.717, 1.165) is 5.56 Å². The molecule has 0 aliphatic carbocycles. The highest BCUT2D eigenvalue weighted by atomic mass is 16.5. The van der Waals surface area contributed by atoms with E-state index in [1.165, 1.54) is 32.4 Å². The van der Waals surface area contributed by atoms with Crippen molar-refractivity contribution in [2.75, 3.05) is 14.2 Å². The van der Waals surface area contributed by atoms with Gasteiger partial charge in [-0.15, -0.1) is 0 Å². The number of carbonyl (C=O) groups is 3. The lowest BCUT2D eigenvalue weighted by molar-refractivity contribution is 0.0593. The molecule has 0 saturated heterocycles. The first-order valence-corrected chi connectivity index (χ1v) is 7.05. The van der Waals surface area contributed by atoms with Gasteiger partial charge in [0.15, 0.2) is 0 Å². The zero-order chi connectivity index (χ0) is 17.7. The Morgan fingerprint density at radius 1 is 0.708 bits per heavy atom. The third kappa shape index (κ3) is 3.98. The second-order valence-electron chi connectivity index (χ2n) is 4.98. The van der Waals surface area contributed by atoms with E-state index >= 15 is 0 Å². The molecule has 2 aromatic rings.